The SMILES string of the molecule is Cc1cc(-c2ncnn3cc(C4=CCOCC4)cc23)ccc1CNC(=O)c1nnn(C(C)(C)C)n1. The molecule has 4 heterocycles. The molecule has 1 aliphatic rings. The average Bonchev–Trinajstić information content (AvgIpc) is 3.51. The first-order valence-corrected chi connectivity index (χ1v) is 11.6. The van der Waals surface area contributed by atoms with Gasteiger partial charge in [-0.05, 0) is 73.7 Å². The molecule has 0 aliphatic carbocycles. The van der Waals surface area contributed by atoms with E-state index in [1.165, 1.54) is 10.4 Å². The summed E-state index contributed by atoms with van der Waals surface area (Å²) >= 11 is 0. The molecule has 0 bridgehead atoms. The van der Waals surface area contributed by atoms with Gasteiger partial charge in [0, 0.05) is 18.3 Å². The zero-order valence-corrected chi connectivity index (χ0v) is 20.3. The van der Waals surface area contributed by atoms with E-state index in [4.69, 9.17) is 4.74 Å². The fourth-order valence-corrected chi connectivity index (χ4v) is 4.00. The molecule has 4 aromatic rings. The lowest BCUT2D eigenvalue weighted by atomic mass is 10.0. The molecule has 35 heavy (non-hydrogen) atoms. The van der Waals surface area contributed by atoms with Crippen LogP contribution in [0.3, 0.4) is 0 Å². The van der Waals surface area contributed by atoms with Gasteiger partial charge < -0.3 is 10.1 Å². The van der Waals surface area contributed by atoms with Crippen LogP contribution in [0.5, 0.6) is 0 Å². The van der Waals surface area contributed by atoms with Crippen LogP contribution in [0.4, 0.5) is 0 Å². The first-order valence-electron chi connectivity index (χ1n) is 11.6. The van der Waals surface area contributed by atoms with E-state index in [0.717, 1.165) is 46.5 Å². The number of carbonyl (C=O) groups is 1. The highest BCUT2D eigenvalue weighted by Crippen LogP contribution is 2.29. The van der Waals surface area contributed by atoms with Gasteiger partial charge >= 0.3 is 0 Å². The molecule has 0 spiro atoms. The number of aromatic nitrogens is 7. The number of hydrogen-bond acceptors (Lipinski definition) is 7. The van der Waals surface area contributed by atoms with Gasteiger partial charge in [0.15, 0.2) is 0 Å². The molecule has 1 amide bonds. The molecule has 10 nitrogen and oxygen atoms in total. The van der Waals surface area contributed by atoms with Crippen LogP contribution in [0.25, 0.3) is 22.3 Å². The van der Waals surface area contributed by atoms with Crippen molar-refractivity contribution >= 4 is 17.0 Å². The summed E-state index contributed by atoms with van der Waals surface area (Å²) < 4.78 is 7.31. The van der Waals surface area contributed by atoms with Gasteiger partial charge in [0.05, 0.1) is 30.0 Å². The Morgan fingerprint density at radius 3 is 2.77 bits per heavy atom. The zero-order valence-electron chi connectivity index (χ0n) is 20.3. The van der Waals surface area contributed by atoms with E-state index in [0.29, 0.717) is 13.2 Å². The van der Waals surface area contributed by atoms with Crippen LogP contribution in [0.1, 0.15) is 54.5 Å². The highest BCUT2D eigenvalue weighted by Gasteiger charge is 2.20. The molecule has 1 N–H and O–H groups in total. The molecule has 180 valence electrons. The summed E-state index contributed by atoms with van der Waals surface area (Å²) in [6.45, 7) is 9.60. The van der Waals surface area contributed by atoms with Crippen LogP contribution in [-0.4, -0.2) is 53.9 Å². The number of nitrogens with one attached hydrogen (secondary N) is 1. The summed E-state index contributed by atoms with van der Waals surface area (Å²) in [4.78, 5) is 18.5. The Morgan fingerprint density at radius 2 is 2.06 bits per heavy atom. The van der Waals surface area contributed by atoms with Crippen molar-refractivity contribution in [2.75, 3.05) is 13.2 Å². The number of ether oxygens (including phenoxy) is 1. The lowest BCUT2D eigenvalue weighted by molar-refractivity contribution is 0.0939. The second kappa shape index (κ2) is 9.03. The summed E-state index contributed by atoms with van der Waals surface area (Å²) in [5.74, 6) is -0.300. The van der Waals surface area contributed by atoms with E-state index in [2.05, 4.69) is 49.0 Å². The molecule has 1 aliphatic heterocycles. The minimum Gasteiger partial charge on any atom is -0.377 e. The predicted octanol–water partition coefficient (Wildman–Crippen LogP) is 3.18. The highest BCUT2D eigenvalue weighted by atomic mass is 16.5. The lowest BCUT2D eigenvalue weighted by Gasteiger charge is -2.15. The van der Waals surface area contributed by atoms with Crippen LogP contribution in [0, 0.1) is 6.92 Å². The molecule has 0 atom stereocenters. The first kappa shape index (κ1) is 22.9. The predicted molar refractivity (Wildman–Crippen MR) is 131 cm³/mol. The van der Waals surface area contributed by atoms with Crippen molar-refractivity contribution in [3.63, 3.8) is 0 Å². The summed E-state index contributed by atoms with van der Waals surface area (Å²) in [5.41, 5.74) is 6.92. The van der Waals surface area contributed by atoms with E-state index >= 15 is 0 Å². The molecule has 0 unspecified atom stereocenters. The number of hydrogen-bond donors (Lipinski definition) is 1. The van der Waals surface area contributed by atoms with E-state index in [1.54, 1.807) is 6.33 Å². The molecule has 3 aromatic heterocycles. The minimum atomic E-state index is -0.357. The van der Waals surface area contributed by atoms with Crippen molar-refractivity contribution in [1.29, 1.82) is 0 Å². The number of fused-ring (bicyclic) bond motifs is 1. The molecular weight excluding hydrogens is 444 g/mol. The maximum Gasteiger partial charge on any atom is 0.293 e. The number of tetrazole rings is 1. The van der Waals surface area contributed by atoms with Crippen LogP contribution in [-0.2, 0) is 16.8 Å². The minimum absolute atomic E-state index is 0.0567. The Balaban J connectivity index is 1.34. The van der Waals surface area contributed by atoms with Crippen LogP contribution >= 0.6 is 0 Å². The smallest absolute Gasteiger partial charge is 0.293 e. The van der Waals surface area contributed by atoms with Crippen molar-refractivity contribution in [3.8, 4) is 11.3 Å². The van der Waals surface area contributed by atoms with Crippen molar-refractivity contribution in [3.05, 3.63) is 65.4 Å². The van der Waals surface area contributed by atoms with E-state index in [9.17, 15) is 4.79 Å². The van der Waals surface area contributed by atoms with E-state index in [-0.39, 0.29) is 17.3 Å². The van der Waals surface area contributed by atoms with Gasteiger partial charge in [-0.25, -0.2) is 9.50 Å². The van der Waals surface area contributed by atoms with Gasteiger partial charge in [0.1, 0.15) is 6.33 Å². The monoisotopic (exact) mass is 472 g/mol. The summed E-state index contributed by atoms with van der Waals surface area (Å²) in [7, 11) is 0. The Kier molecular flexibility index (Phi) is 5.89. The van der Waals surface area contributed by atoms with Crippen molar-refractivity contribution in [2.45, 2.75) is 46.2 Å². The number of nitrogens with zero attached hydrogens (tertiary/aromatic N) is 7. The van der Waals surface area contributed by atoms with Crippen molar-refractivity contribution in [1.82, 2.24) is 40.1 Å². The lowest BCUT2D eigenvalue weighted by Crippen LogP contribution is -2.27. The summed E-state index contributed by atoms with van der Waals surface area (Å²) in [5, 5.41) is 19.3. The Morgan fingerprint density at radius 1 is 1.20 bits per heavy atom. The second-order valence-corrected chi connectivity index (χ2v) is 9.62. The van der Waals surface area contributed by atoms with Gasteiger partial charge in [-0.15, -0.1) is 10.2 Å². The maximum absolute atomic E-state index is 12.5. The molecule has 1 aromatic carbocycles. The summed E-state index contributed by atoms with van der Waals surface area (Å²) in [6.07, 6.45) is 6.63. The van der Waals surface area contributed by atoms with Crippen LogP contribution in [0.2, 0.25) is 0 Å². The number of carbonyl (C=O) groups excluding carboxylic acids is 1. The van der Waals surface area contributed by atoms with Crippen molar-refractivity contribution in [2.24, 2.45) is 0 Å². The molecule has 0 radical (unpaired) electrons. The third-order valence-corrected chi connectivity index (χ3v) is 6.01. The average molecular weight is 473 g/mol. The van der Waals surface area contributed by atoms with Gasteiger partial charge in [0.2, 0.25) is 0 Å². The molecular formula is C25H28N8O2. The van der Waals surface area contributed by atoms with Gasteiger partial charge in [-0.1, -0.05) is 18.2 Å². The number of rotatable bonds is 5. The topological polar surface area (TPSA) is 112 Å². The molecule has 0 fully saturated rings. The Hall–Kier alpha value is -3.92. The van der Waals surface area contributed by atoms with Crippen molar-refractivity contribution < 1.29 is 9.53 Å². The zero-order chi connectivity index (χ0) is 24.6. The van der Waals surface area contributed by atoms with Crippen LogP contribution < -0.4 is 5.32 Å². The van der Waals surface area contributed by atoms with Gasteiger partial charge in [-0.2, -0.15) is 9.90 Å². The number of benzene rings is 1. The molecule has 10 heteroatoms. The standard InChI is InChI=1S/C25H28N8O2/c1-16-11-18(5-6-19(16)13-26-24(34)23-29-31-33(30-23)25(2,3)4)22-21-12-20(14-32(21)28-15-27-22)17-7-9-35-10-8-17/h5-7,11-12,14-15H,8-10,13H2,1-4H3,(H,26,34). The van der Waals surface area contributed by atoms with E-state index < -0.39 is 0 Å². The third-order valence-electron chi connectivity index (χ3n) is 6.01. The maximum atomic E-state index is 12.5. The fourth-order valence-electron chi connectivity index (χ4n) is 4.00. The summed E-state index contributed by atoms with van der Waals surface area (Å²) in [6, 6.07) is 8.24. The Labute approximate surface area is 203 Å². The van der Waals surface area contributed by atoms with Gasteiger partial charge in [-0.3, -0.25) is 4.79 Å². The van der Waals surface area contributed by atoms with E-state index in [1.807, 2.05) is 50.5 Å². The number of amides is 1. The molecule has 5 rings (SSSR count). The first-order chi connectivity index (χ1) is 16.8. The fraction of sp³-hybridized carbons (Fsp3) is 0.360. The normalized spacial score (nSPS) is 14.2. The molecule has 0 saturated carbocycles. The largest absolute Gasteiger partial charge is 0.377 e. The molecule has 0 saturated heterocycles. The second-order valence-electron chi connectivity index (χ2n) is 9.62. The Bertz CT molecular complexity index is 1430. The van der Waals surface area contributed by atoms with Crippen LogP contribution in [0.15, 0.2) is 42.9 Å². The number of aryl methyl sites for hydroxylation is 1. The highest BCUT2D eigenvalue weighted by molar-refractivity contribution is 5.90. The third kappa shape index (κ3) is 4.69. The quantitative estimate of drug-likeness (QED) is 0.475. The van der Waals surface area contributed by atoms with Gasteiger partial charge in [0.25, 0.3) is 11.7 Å².